The standard InChI is InChI=1S/C28H26F3N5O3/c1-14(2)8-22(35(3)25(37)21-9-16-20(33-21)10-18(29)24(31)23(16)30)26(38)36-13-28(11-15(36)12-32)17-6-4-5-7-19(17)34-27(28)39/h4-7,9-10,14-15,22,33H,8,11,13H2,1-3H3,(H,34,39)/t15-,22?,28-/m0/s1. The van der Waals surface area contributed by atoms with Crippen LogP contribution in [0.4, 0.5) is 18.9 Å². The number of rotatable bonds is 5. The topological polar surface area (TPSA) is 109 Å². The summed E-state index contributed by atoms with van der Waals surface area (Å²) < 4.78 is 41.7. The summed E-state index contributed by atoms with van der Waals surface area (Å²) in [6, 6.07) is 9.20. The number of nitriles is 1. The number of fused-ring (bicyclic) bond motifs is 3. The average molecular weight is 538 g/mol. The van der Waals surface area contributed by atoms with Crippen LogP contribution in [0.3, 0.4) is 0 Å². The van der Waals surface area contributed by atoms with Crippen molar-refractivity contribution in [2.24, 2.45) is 5.92 Å². The van der Waals surface area contributed by atoms with Gasteiger partial charge in [-0.3, -0.25) is 14.4 Å². The van der Waals surface area contributed by atoms with E-state index in [9.17, 15) is 32.8 Å². The van der Waals surface area contributed by atoms with Gasteiger partial charge < -0.3 is 20.1 Å². The fourth-order valence-corrected chi connectivity index (χ4v) is 5.67. The Hall–Kier alpha value is -4.33. The van der Waals surface area contributed by atoms with Crippen LogP contribution in [0.2, 0.25) is 0 Å². The van der Waals surface area contributed by atoms with Gasteiger partial charge in [-0.05, 0) is 30.0 Å². The molecule has 5 rings (SSSR count). The maximum atomic E-state index is 14.3. The Kier molecular flexibility index (Phi) is 6.37. The number of nitrogens with zero attached hydrogens (tertiary/aromatic N) is 3. The molecule has 2 aliphatic heterocycles. The second-order valence-electron chi connectivity index (χ2n) is 10.6. The molecule has 1 unspecified atom stereocenters. The van der Waals surface area contributed by atoms with Gasteiger partial charge in [0.1, 0.15) is 17.8 Å². The molecule has 3 heterocycles. The molecule has 202 valence electrons. The summed E-state index contributed by atoms with van der Waals surface area (Å²) in [7, 11) is 1.40. The average Bonchev–Trinajstić information content (AvgIpc) is 3.59. The van der Waals surface area contributed by atoms with Gasteiger partial charge in [0.2, 0.25) is 11.8 Å². The van der Waals surface area contributed by atoms with Crippen LogP contribution in [-0.4, -0.2) is 58.2 Å². The van der Waals surface area contributed by atoms with Gasteiger partial charge in [-0.15, -0.1) is 0 Å². The lowest BCUT2D eigenvalue weighted by molar-refractivity contribution is -0.136. The molecule has 1 aromatic heterocycles. The van der Waals surface area contributed by atoms with Crippen molar-refractivity contribution in [3.8, 4) is 6.07 Å². The van der Waals surface area contributed by atoms with Crippen molar-refractivity contribution >= 4 is 34.3 Å². The molecule has 1 fully saturated rings. The van der Waals surface area contributed by atoms with E-state index >= 15 is 0 Å². The van der Waals surface area contributed by atoms with Crippen molar-refractivity contribution in [2.75, 3.05) is 18.9 Å². The first-order valence-electron chi connectivity index (χ1n) is 12.5. The molecular formula is C28H26F3N5O3. The lowest BCUT2D eigenvalue weighted by atomic mass is 9.80. The van der Waals surface area contributed by atoms with Crippen LogP contribution in [0.5, 0.6) is 0 Å². The first-order chi connectivity index (χ1) is 18.5. The number of likely N-dealkylation sites (N-methyl/N-ethyl adjacent to an activating group) is 1. The molecule has 1 spiro atoms. The van der Waals surface area contributed by atoms with Crippen LogP contribution in [0.25, 0.3) is 10.9 Å². The SMILES string of the molecule is CC(C)CC(C(=O)N1C[C@]2(C[C@H]1C#N)C(=O)Nc1ccccc12)N(C)C(=O)c1cc2c(F)c(F)c(F)cc2[nH]1. The number of hydrogen-bond donors (Lipinski definition) is 2. The van der Waals surface area contributed by atoms with E-state index in [1.807, 2.05) is 13.8 Å². The van der Waals surface area contributed by atoms with Crippen molar-refractivity contribution in [1.29, 1.82) is 5.26 Å². The summed E-state index contributed by atoms with van der Waals surface area (Å²) in [6.07, 6.45) is 0.353. The van der Waals surface area contributed by atoms with Crippen molar-refractivity contribution < 1.29 is 27.6 Å². The first kappa shape index (κ1) is 26.3. The third-order valence-corrected chi connectivity index (χ3v) is 7.67. The Morgan fingerprint density at radius 1 is 1.21 bits per heavy atom. The minimum Gasteiger partial charge on any atom is -0.350 e. The van der Waals surface area contributed by atoms with E-state index < -0.39 is 46.8 Å². The molecule has 3 aromatic rings. The predicted molar refractivity (Wildman–Crippen MR) is 136 cm³/mol. The maximum absolute atomic E-state index is 14.3. The fraction of sp³-hybridized carbons (Fsp3) is 0.357. The van der Waals surface area contributed by atoms with Crippen molar-refractivity contribution in [3.05, 3.63) is 65.1 Å². The molecule has 0 saturated carbocycles. The summed E-state index contributed by atoms with van der Waals surface area (Å²) in [5.74, 6) is -5.99. The highest BCUT2D eigenvalue weighted by Gasteiger charge is 2.56. The molecule has 8 nitrogen and oxygen atoms in total. The Labute approximate surface area is 222 Å². The number of carbonyl (C=O) groups excluding carboxylic acids is 3. The van der Waals surface area contributed by atoms with Crippen LogP contribution < -0.4 is 5.32 Å². The Bertz CT molecular complexity index is 1560. The second kappa shape index (κ2) is 9.45. The maximum Gasteiger partial charge on any atom is 0.270 e. The van der Waals surface area contributed by atoms with Crippen molar-refractivity contribution in [3.63, 3.8) is 0 Å². The van der Waals surface area contributed by atoms with E-state index in [0.29, 0.717) is 5.69 Å². The van der Waals surface area contributed by atoms with Crippen molar-refractivity contribution in [2.45, 2.75) is 44.2 Å². The predicted octanol–water partition coefficient (Wildman–Crippen LogP) is 4.09. The number of H-pyrrole nitrogens is 1. The highest BCUT2D eigenvalue weighted by Crippen LogP contribution is 2.46. The number of carbonyl (C=O) groups is 3. The molecule has 1 saturated heterocycles. The van der Waals surface area contributed by atoms with Gasteiger partial charge in [0, 0.05) is 37.2 Å². The summed E-state index contributed by atoms with van der Waals surface area (Å²) in [4.78, 5) is 45.7. The number of aromatic nitrogens is 1. The second-order valence-corrected chi connectivity index (χ2v) is 10.6. The smallest absolute Gasteiger partial charge is 0.270 e. The van der Waals surface area contributed by atoms with Gasteiger partial charge in [-0.2, -0.15) is 5.26 Å². The molecule has 2 aromatic carbocycles. The van der Waals surface area contributed by atoms with E-state index in [1.165, 1.54) is 16.8 Å². The van der Waals surface area contributed by atoms with Crippen LogP contribution in [0, 0.1) is 34.7 Å². The first-order valence-corrected chi connectivity index (χ1v) is 12.5. The number of para-hydroxylation sites is 1. The zero-order chi connectivity index (χ0) is 28.2. The van der Waals surface area contributed by atoms with Crippen LogP contribution in [0.15, 0.2) is 36.4 Å². The summed E-state index contributed by atoms with van der Waals surface area (Å²) in [5.41, 5.74) is 0.0116. The number of likely N-dealkylation sites (tertiary alicyclic amines) is 1. The van der Waals surface area contributed by atoms with Gasteiger partial charge in [0.05, 0.1) is 17.0 Å². The molecular weight excluding hydrogens is 511 g/mol. The van der Waals surface area contributed by atoms with E-state index in [1.54, 1.807) is 24.3 Å². The van der Waals surface area contributed by atoms with E-state index in [4.69, 9.17) is 0 Å². The van der Waals surface area contributed by atoms with Gasteiger partial charge >= 0.3 is 0 Å². The number of aromatic amines is 1. The number of nitrogens with one attached hydrogen (secondary N) is 2. The Morgan fingerprint density at radius 3 is 2.62 bits per heavy atom. The number of benzene rings is 2. The van der Waals surface area contributed by atoms with Gasteiger partial charge in [-0.1, -0.05) is 32.0 Å². The zero-order valence-electron chi connectivity index (χ0n) is 21.5. The molecule has 39 heavy (non-hydrogen) atoms. The highest BCUT2D eigenvalue weighted by atomic mass is 19.2. The monoisotopic (exact) mass is 537 g/mol. The molecule has 3 amide bonds. The molecule has 3 atom stereocenters. The molecule has 0 aliphatic carbocycles. The van der Waals surface area contributed by atoms with Crippen LogP contribution in [0.1, 0.15) is 42.7 Å². The normalized spacial score (nSPS) is 20.8. The number of amides is 3. The van der Waals surface area contributed by atoms with Gasteiger partial charge in [0.25, 0.3) is 5.91 Å². The third-order valence-electron chi connectivity index (χ3n) is 7.67. The lowest BCUT2D eigenvalue weighted by Crippen LogP contribution is -2.52. The number of anilines is 1. The lowest BCUT2D eigenvalue weighted by Gasteiger charge is -2.33. The van der Waals surface area contributed by atoms with Crippen LogP contribution in [-0.2, 0) is 15.0 Å². The molecule has 11 heteroatoms. The fourth-order valence-electron chi connectivity index (χ4n) is 5.67. The number of hydrogen-bond acceptors (Lipinski definition) is 4. The molecule has 2 N–H and O–H groups in total. The highest BCUT2D eigenvalue weighted by molar-refractivity contribution is 6.07. The summed E-state index contributed by atoms with van der Waals surface area (Å²) >= 11 is 0. The van der Waals surface area contributed by atoms with Crippen molar-refractivity contribution in [1.82, 2.24) is 14.8 Å². The molecule has 0 bridgehead atoms. The summed E-state index contributed by atoms with van der Waals surface area (Å²) in [6.45, 7) is 3.71. The quantitative estimate of drug-likeness (QED) is 0.478. The van der Waals surface area contributed by atoms with E-state index in [2.05, 4.69) is 16.4 Å². The minimum absolute atomic E-state index is 0.0281. The van der Waals surface area contributed by atoms with Gasteiger partial charge in [0.15, 0.2) is 17.5 Å². The largest absolute Gasteiger partial charge is 0.350 e. The van der Waals surface area contributed by atoms with E-state index in [0.717, 1.165) is 17.7 Å². The molecule has 0 radical (unpaired) electrons. The number of halogens is 3. The Morgan fingerprint density at radius 2 is 1.92 bits per heavy atom. The Balaban J connectivity index is 1.47. The van der Waals surface area contributed by atoms with Crippen LogP contribution >= 0.6 is 0 Å². The summed E-state index contributed by atoms with van der Waals surface area (Å²) in [5, 5.41) is 12.5. The zero-order valence-corrected chi connectivity index (χ0v) is 21.5. The minimum atomic E-state index is -1.65. The third kappa shape index (κ3) is 4.11. The van der Waals surface area contributed by atoms with E-state index in [-0.39, 0.29) is 47.8 Å². The molecule has 2 aliphatic rings. The van der Waals surface area contributed by atoms with Gasteiger partial charge in [-0.25, -0.2) is 13.2 Å².